The number of nitrogens with zero attached hydrogens (tertiary/aromatic N) is 3. The van der Waals surface area contributed by atoms with Gasteiger partial charge in [0, 0.05) is 36.8 Å². The predicted molar refractivity (Wildman–Crippen MR) is 128 cm³/mol. The molecule has 2 heterocycles. The molecule has 0 spiro atoms. The molecule has 1 fully saturated rings. The van der Waals surface area contributed by atoms with Crippen LogP contribution in [0.25, 0.3) is 0 Å². The van der Waals surface area contributed by atoms with Crippen molar-refractivity contribution in [2.24, 2.45) is 11.3 Å². The molecule has 0 unspecified atom stereocenters. The maximum atomic E-state index is 12.4. The molecule has 2 amide bonds. The average Bonchev–Trinajstić information content (AvgIpc) is 2.78. The molecule has 1 aliphatic rings. The summed E-state index contributed by atoms with van der Waals surface area (Å²) in [6.07, 6.45) is 2.72. The van der Waals surface area contributed by atoms with Gasteiger partial charge in [0.15, 0.2) is 0 Å². The van der Waals surface area contributed by atoms with Crippen molar-refractivity contribution in [1.82, 2.24) is 9.88 Å². The van der Waals surface area contributed by atoms with Crippen LogP contribution in [0.5, 0.6) is 0 Å². The minimum absolute atomic E-state index is 0.0399. The number of likely N-dealkylation sites (tertiary alicyclic amines) is 1. The molecule has 1 aliphatic heterocycles. The number of pyridine rings is 1. The Balaban J connectivity index is 1.56. The maximum Gasteiger partial charge on any atom is 0.410 e. The third kappa shape index (κ3) is 6.20. The number of nitrogens with two attached hydrogens (primary N) is 1. The lowest BCUT2D eigenvalue weighted by molar-refractivity contribution is -0.123. The number of piperidine rings is 1. The topological polar surface area (TPSA) is 101 Å². The fourth-order valence-electron chi connectivity index (χ4n) is 3.33. The van der Waals surface area contributed by atoms with E-state index in [1.807, 2.05) is 51.1 Å². The Morgan fingerprint density at radius 1 is 1.25 bits per heavy atom. The van der Waals surface area contributed by atoms with Gasteiger partial charge < -0.3 is 20.0 Å². The molecule has 1 aromatic heterocycles. The van der Waals surface area contributed by atoms with Gasteiger partial charge in [0.1, 0.15) is 12.4 Å². The summed E-state index contributed by atoms with van der Waals surface area (Å²) in [5, 5.41) is 4.52. The van der Waals surface area contributed by atoms with Gasteiger partial charge in [0.25, 0.3) is 0 Å². The molecule has 0 saturated carbocycles. The Hall–Kier alpha value is -2.65. The highest BCUT2D eigenvalue weighted by Gasteiger charge is 2.28. The van der Waals surface area contributed by atoms with Gasteiger partial charge in [-0.05, 0) is 34.3 Å². The molecular weight excluding hydrogens is 474 g/mol. The van der Waals surface area contributed by atoms with E-state index in [1.54, 1.807) is 22.2 Å². The number of nitrogens with one attached hydrogen (secondary N) is 1. The van der Waals surface area contributed by atoms with Crippen LogP contribution in [0.15, 0.2) is 47.1 Å². The Morgan fingerprint density at radius 3 is 2.53 bits per heavy atom. The van der Waals surface area contributed by atoms with Crippen LogP contribution >= 0.6 is 15.9 Å². The molecule has 0 atom stereocenters. The van der Waals surface area contributed by atoms with Gasteiger partial charge in [0.2, 0.25) is 5.91 Å². The van der Waals surface area contributed by atoms with Crippen molar-refractivity contribution in [2.75, 3.05) is 23.4 Å². The van der Waals surface area contributed by atoms with E-state index in [2.05, 4.69) is 26.2 Å². The van der Waals surface area contributed by atoms with Crippen molar-refractivity contribution in [1.29, 1.82) is 0 Å². The molecule has 2 aromatic rings. The van der Waals surface area contributed by atoms with Gasteiger partial charge in [-0.2, -0.15) is 0 Å². The van der Waals surface area contributed by atoms with E-state index in [0.717, 1.165) is 15.7 Å². The van der Waals surface area contributed by atoms with Crippen LogP contribution < -0.4 is 16.2 Å². The van der Waals surface area contributed by atoms with E-state index in [4.69, 9.17) is 10.6 Å². The van der Waals surface area contributed by atoms with E-state index < -0.39 is 5.41 Å². The number of aromatic nitrogens is 1. The summed E-state index contributed by atoms with van der Waals surface area (Å²) in [7, 11) is 0. The van der Waals surface area contributed by atoms with Crippen LogP contribution in [0.3, 0.4) is 0 Å². The maximum absolute atomic E-state index is 12.4. The highest BCUT2D eigenvalue weighted by atomic mass is 79.9. The SMILES string of the molecule is CC(C)(C)C(=O)Nc1cc(N(N)C2CCN(C(=O)OCc3ccccc3)CC2)c(Br)cn1. The van der Waals surface area contributed by atoms with Gasteiger partial charge in [-0.25, -0.2) is 15.6 Å². The Labute approximate surface area is 197 Å². The summed E-state index contributed by atoms with van der Waals surface area (Å²) in [5.74, 6) is 6.76. The minimum Gasteiger partial charge on any atom is -0.445 e. The molecule has 8 nitrogen and oxygen atoms in total. The second kappa shape index (κ2) is 10.3. The smallest absolute Gasteiger partial charge is 0.410 e. The second-order valence-corrected chi connectivity index (χ2v) is 9.75. The van der Waals surface area contributed by atoms with Crippen molar-refractivity contribution in [2.45, 2.75) is 46.3 Å². The lowest BCUT2D eigenvalue weighted by Gasteiger charge is -2.37. The predicted octanol–water partition coefficient (Wildman–Crippen LogP) is 4.31. The molecule has 0 aliphatic carbocycles. The zero-order valence-corrected chi connectivity index (χ0v) is 20.3. The quantitative estimate of drug-likeness (QED) is 0.465. The summed E-state index contributed by atoms with van der Waals surface area (Å²) >= 11 is 3.50. The molecule has 3 N–H and O–H groups in total. The van der Waals surface area contributed by atoms with Crippen LogP contribution in [0.1, 0.15) is 39.2 Å². The van der Waals surface area contributed by atoms with Gasteiger partial charge in [-0.3, -0.25) is 4.79 Å². The van der Waals surface area contributed by atoms with Gasteiger partial charge >= 0.3 is 6.09 Å². The number of hydrazine groups is 1. The van der Waals surface area contributed by atoms with Crippen LogP contribution in [-0.4, -0.2) is 41.0 Å². The molecule has 32 heavy (non-hydrogen) atoms. The number of carbonyl (C=O) groups excluding carboxylic acids is 2. The summed E-state index contributed by atoms with van der Waals surface area (Å²) in [6, 6.07) is 11.4. The number of ether oxygens (including phenoxy) is 1. The Kier molecular flexibility index (Phi) is 7.73. The Morgan fingerprint density at radius 2 is 1.91 bits per heavy atom. The summed E-state index contributed by atoms with van der Waals surface area (Å²) in [5.41, 5.74) is 1.16. The molecule has 172 valence electrons. The first-order valence-electron chi connectivity index (χ1n) is 10.6. The van der Waals surface area contributed by atoms with E-state index in [9.17, 15) is 9.59 Å². The fourth-order valence-corrected chi connectivity index (χ4v) is 3.75. The normalized spacial score (nSPS) is 14.7. The number of carbonyl (C=O) groups is 2. The average molecular weight is 504 g/mol. The molecule has 3 rings (SSSR count). The number of halogens is 1. The van der Waals surface area contributed by atoms with Crippen LogP contribution in [0.2, 0.25) is 0 Å². The summed E-state index contributed by atoms with van der Waals surface area (Å²) < 4.78 is 6.17. The van der Waals surface area contributed by atoms with Crippen molar-refractivity contribution < 1.29 is 14.3 Å². The minimum atomic E-state index is -0.529. The number of hydrogen-bond acceptors (Lipinski definition) is 6. The number of anilines is 2. The van der Waals surface area contributed by atoms with Crippen LogP contribution in [0.4, 0.5) is 16.3 Å². The molecule has 0 radical (unpaired) electrons. The van der Waals surface area contributed by atoms with Gasteiger partial charge in [-0.15, -0.1) is 0 Å². The zero-order chi connectivity index (χ0) is 23.3. The standard InChI is InChI=1S/C23H30BrN5O3/c1-23(2,3)21(30)27-20-13-19(18(24)14-26-20)29(25)17-9-11-28(12-10-17)22(31)32-15-16-7-5-4-6-8-16/h4-8,13-14,17H,9-12,15,25H2,1-3H3,(H,26,27,30). The number of amides is 2. The Bertz CT molecular complexity index is 940. The third-order valence-electron chi connectivity index (χ3n) is 5.36. The van der Waals surface area contributed by atoms with Crippen molar-refractivity contribution in [3.63, 3.8) is 0 Å². The lowest BCUT2D eigenvalue weighted by atomic mass is 9.96. The molecule has 1 aromatic carbocycles. The first kappa shape index (κ1) is 24.0. The van der Waals surface area contributed by atoms with E-state index >= 15 is 0 Å². The van der Waals surface area contributed by atoms with Crippen molar-refractivity contribution in [3.8, 4) is 0 Å². The van der Waals surface area contributed by atoms with E-state index in [1.165, 1.54) is 0 Å². The lowest BCUT2D eigenvalue weighted by Crippen LogP contribution is -2.50. The summed E-state index contributed by atoms with van der Waals surface area (Å²) in [6.45, 7) is 6.90. The van der Waals surface area contributed by atoms with Gasteiger partial charge in [0.05, 0.1) is 10.2 Å². The van der Waals surface area contributed by atoms with Gasteiger partial charge in [-0.1, -0.05) is 51.1 Å². The van der Waals surface area contributed by atoms with Crippen LogP contribution in [0, 0.1) is 5.41 Å². The van der Waals surface area contributed by atoms with E-state index in [-0.39, 0.29) is 24.6 Å². The van der Waals surface area contributed by atoms with Crippen molar-refractivity contribution in [3.05, 3.63) is 52.6 Å². The largest absolute Gasteiger partial charge is 0.445 e. The van der Waals surface area contributed by atoms with Crippen molar-refractivity contribution >= 4 is 39.4 Å². The molecule has 1 saturated heterocycles. The first-order chi connectivity index (χ1) is 15.1. The first-order valence-corrected chi connectivity index (χ1v) is 11.4. The van der Waals surface area contributed by atoms with E-state index in [0.29, 0.717) is 31.7 Å². The number of benzene rings is 1. The number of hydrogen-bond donors (Lipinski definition) is 2. The highest BCUT2D eigenvalue weighted by molar-refractivity contribution is 9.10. The molecule has 9 heteroatoms. The molecule has 0 bridgehead atoms. The monoisotopic (exact) mass is 503 g/mol. The number of rotatable bonds is 5. The van der Waals surface area contributed by atoms with Crippen LogP contribution in [-0.2, 0) is 16.1 Å². The molecular formula is C23H30BrN5O3. The third-order valence-corrected chi connectivity index (χ3v) is 5.97. The second-order valence-electron chi connectivity index (χ2n) is 8.89. The zero-order valence-electron chi connectivity index (χ0n) is 18.7. The summed E-state index contributed by atoms with van der Waals surface area (Å²) in [4.78, 5) is 30.7. The fraction of sp³-hybridized carbons (Fsp3) is 0.435. The highest BCUT2D eigenvalue weighted by Crippen LogP contribution is 2.30.